The molecule has 19 heavy (non-hydrogen) atoms. The number of ether oxygens (including phenoxy) is 1. The average Bonchev–Trinajstić information content (AvgIpc) is 2.77. The van der Waals surface area contributed by atoms with Crippen LogP contribution in [0.3, 0.4) is 0 Å². The van der Waals surface area contributed by atoms with Gasteiger partial charge in [-0.1, -0.05) is 0 Å². The van der Waals surface area contributed by atoms with Gasteiger partial charge in [0.05, 0.1) is 10.6 Å². The van der Waals surface area contributed by atoms with Crippen LogP contribution in [0, 0.1) is 0 Å². The molecule has 2 rings (SSSR count). The largest absolute Gasteiger partial charge is 0.478 e. The Morgan fingerprint density at radius 2 is 2.11 bits per heavy atom. The second-order valence-electron chi connectivity index (χ2n) is 5.45. The first-order chi connectivity index (χ1) is 8.78. The first-order valence-corrected chi connectivity index (χ1v) is 7.07. The third-order valence-electron chi connectivity index (χ3n) is 2.73. The molecule has 1 N–H and O–H groups in total. The maximum absolute atomic E-state index is 12.1. The second-order valence-corrected chi connectivity index (χ2v) is 6.41. The first kappa shape index (κ1) is 14.0. The SMILES string of the molecule is CC(C)(C)OC(=O)C1=C2SCC(=CC(=O)O)N2CC1. The Morgan fingerprint density at radius 3 is 2.68 bits per heavy atom. The second kappa shape index (κ2) is 4.92. The Labute approximate surface area is 116 Å². The topological polar surface area (TPSA) is 66.8 Å². The molecule has 0 aromatic carbocycles. The van der Waals surface area contributed by atoms with E-state index in [2.05, 4.69) is 0 Å². The van der Waals surface area contributed by atoms with E-state index in [1.165, 1.54) is 17.8 Å². The van der Waals surface area contributed by atoms with Gasteiger partial charge in [-0.05, 0) is 20.8 Å². The van der Waals surface area contributed by atoms with Crippen LogP contribution in [-0.4, -0.2) is 39.8 Å². The zero-order valence-corrected chi connectivity index (χ0v) is 12.0. The molecule has 0 spiro atoms. The van der Waals surface area contributed by atoms with Crippen molar-refractivity contribution in [2.24, 2.45) is 0 Å². The summed E-state index contributed by atoms with van der Waals surface area (Å²) >= 11 is 1.50. The van der Waals surface area contributed by atoms with E-state index < -0.39 is 11.6 Å². The lowest BCUT2D eigenvalue weighted by Gasteiger charge is -2.20. The van der Waals surface area contributed by atoms with Gasteiger partial charge in [-0.15, -0.1) is 11.8 Å². The van der Waals surface area contributed by atoms with Crippen molar-refractivity contribution in [3.63, 3.8) is 0 Å². The lowest BCUT2D eigenvalue weighted by Crippen LogP contribution is -2.24. The van der Waals surface area contributed by atoms with Crippen molar-refractivity contribution >= 4 is 23.7 Å². The van der Waals surface area contributed by atoms with Crippen molar-refractivity contribution in [1.82, 2.24) is 4.90 Å². The molecule has 0 aliphatic carbocycles. The van der Waals surface area contributed by atoms with Gasteiger partial charge in [-0.2, -0.15) is 0 Å². The van der Waals surface area contributed by atoms with Crippen LogP contribution in [-0.2, 0) is 14.3 Å². The predicted molar refractivity (Wildman–Crippen MR) is 72.4 cm³/mol. The Morgan fingerprint density at radius 1 is 1.42 bits per heavy atom. The van der Waals surface area contributed by atoms with E-state index >= 15 is 0 Å². The number of esters is 1. The van der Waals surface area contributed by atoms with Crippen molar-refractivity contribution in [2.75, 3.05) is 12.3 Å². The first-order valence-electron chi connectivity index (χ1n) is 6.08. The van der Waals surface area contributed by atoms with Crippen LogP contribution in [0.2, 0.25) is 0 Å². The molecule has 0 saturated carbocycles. The van der Waals surface area contributed by atoms with Gasteiger partial charge in [0.2, 0.25) is 0 Å². The van der Waals surface area contributed by atoms with Crippen LogP contribution >= 0.6 is 11.8 Å². The molecular formula is C13H17NO4S. The summed E-state index contributed by atoms with van der Waals surface area (Å²) in [6.07, 6.45) is 1.81. The minimum atomic E-state index is -0.956. The van der Waals surface area contributed by atoms with E-state index in [0.717, 1.165) is 10.7 Å². The Hall–Kier alpha value is -1.43. The van der Waals surface area contributed by atoms with E-state index in [1.807, 2.05) is 25.7 Å². The summed E-state index contributed by atoms with van der Waals surface area (Å²) in [5.74, 6) is -0.662. The normalized spacial score (nSPS) is 21.0. The molecule has 0 radical (unpaired) electrons. The molecule has 104 valence electrons. The third kappa shape index (κ3) is 3.12. The van der Waals surface area contributed by atoms with E-state index in [1.54, 1.807) is 0 Å². The minimum absolute atomic E-state index is 0.297. The molecule has 2 aliphatic rings. The van der Waals surface area contributed by atoms with Gasteiger partial charge in [-0.25, -0.2) is 9.59 Å². The number of carbonyl (C=O) groups is 2. The van der Waals surface area contributed by atoms with Gasteiger partial charge in [0.25, 0.3) is 0 Å². The zero-order valence-electron chi connectivity index (χ0n) is 11.2. The van der Waals surface area contributed by atoms with Gasteiger partial charge in [0.15, 0.2) is 0 Å². The summed E-state index contributed by atoms with van der Waals surface area (Å²) in [6.45, 7) is 6.15. The molecule has 1 saturated heterocycles. The number of nitrogens with zero attached hydrogens (tertiary/aromatic N) is 1. The van der Waals surface area contributed by atoms with E-state index in [-0.39, 0.29) is 5.97 Å². The van der Waals surface area contributed by atoms with Gasteiger partial charge < -0.3 is 14.7 Å². The standard InChI is InChI=1S/C13H17NO4S/c1-13(2,3)18-12(17)9-4-5-14-8(6-10(15)16)7-19-11(9)14/h6H,4-5,7H2,1-3H3,(H,15,16). The number of carboxylic acids is 1. The van der Waals surface area contributed by atoms with Gasteiger partial charge in [0, 0.05) is 30.5 Å². The molecule has 0 aromatic rings. The molecule has 5 nitrogen and oxygen atoms in total. The number of aliphatic carboxylic acids is 1. The summed E-state index contributed by atoms with van der Waals surface area (Å²) in [4.78, 5) is 24.7. The molecule has 6 heteroatoms. The van der Waals surface area contributed by atoms with Gasteiger partial charge in [0.1, 0.15) is 5.60 Å². The lowest BCUT2D eigenvalue weighted by atomic mass is 10.2. The number of carboxylic acid groups (broad SMARTS) is 1. The van der Waals surface area contributed by atoms with Crippen molar-refractivity contribution < 1.29 is 19.4 Å². The van der Waals surface area contributed by atoms with Gasteiger partial charge >= 0.3 is 11.9 Å². The van der Waals surface area contributed by atoms with E-state index in [4.69, 9.17) is 9.84 Å². The van der Waals surface area contributed by atoms with Crippen LogP contribution in [0.5, 0.6) is 0 Å². The van der Waals surface area contributed by atoms with Crippen LogP contribution < -0.4 is 0 Å². The molecule has 2 heterocycles. The summed E-state index contributed by atoms with van der Waals surface area (Å²) < 4.78 is 5.37. The summed E-state index contributed by atoms with van der Waals surface area (Å²) in [5.41, 5.74) is 0.890. The maximum atomic E-state index is 12.1. The van der Waals surface area contributed by atoms with Crippen LogP contribution in [0.25, 0.3) is 0 Å². The quantitative estimate of drug-likeness (QED) is 0.617. The summed E-state index contributed by atoms with van der Waals surface area (Å²) in [5, 5.41) is 9.65. The number of hydrogen-bond donors (Lipinski definition) is 1. The molecule has 0 amide bonds. The highest BCUT2D eigenvalue weighted by atomic mass is 32.2. The monoisotopic (exact) mass is 283 g/mol. The minimum Gasteiger partial charge on any atom is -0.478 e. The average molecular weight is 283 g/mol. The number of thioether (sulfide) groups is 1. The van der Waals surface area contributed by atoms with Gasteiger partial charge in [-0.3, -0.25) is 0 Å². The van der Waals surface area contributed by atoms with Crippen molar-refractivity contribution in [3.05, 3.63) is 22.4 Å². The number of rotatable bonds is 2. The van der Waals surface area contributed by atoms with Crippen LogP contribution in [0.1, 0.15) is 27.2 Å². The number of hydrogen-bond acceptors (Lipinski definition) is 5. The summed E-state index contributed by atoms with van der Waals surface area (Å²) in [6, 6.07) is 0. The number of fused-ring (bicyclic) bond motifs is 1. The van der Waals surface area contributed by atoms with Crippen LogP contribution in [0.4, 0.5) is 0 Å². The Balaban J connectivity index is 2.19. The predicted octanol–water partition coefficient (Wildman–Crippen LogP) is 1.96. The molecular weight excluding hydrogens is 266 g/mol. The maximum Gasteiger partial charge on any atom is 0.337 e. The van der Waals surface area contributed by atoms with E-state index in [0.29, 0.717) is 24.3 Å². The highest BCUT2D eigenvalue weighted by Gasteiger charge is 2.36. The zero-order chi connectivity index (χ0) is 14.2. The Bertz CT molecular complexity index is 487. The molecule has 0 aromatic heterocycles. The highest BCUT2D eigenvalue weighted by Crippen LogP contribution is 2.42. The fourth-order valence-electron chi connectivity index (χ4n) is 2.05. The fourth-order valence-corrected chi connectivity index (χ4v) is 3.29. The molecule has 0 atom stereocenters. The molecule has 0 bridgehead atoms. The van der Waals surface area contributed by atoms with Crippen molar-refractivity contribution in [2.45, 2.75) is 32.8 Å². The summed E-state index contributed by atoms with van der Waals surface area (Å²) in [7, 11) is 0. The molecule has 0 unspecified atom stereocenters. The number of carbonyl (C=O) groups excluding carboxylic acids is 1. The third-order valence-corrected chi connectivity index (χ3v) is 3.91. The Kier molecular flexibility index (Phi) is 3.62. The lowest BCUT2D eigenvalue weighted by molar-refractivity contribution is -0.150. The smallest absolute Gasteiger partial charge is 0.337 e. The van der Waals surface area contributed by atoms with Crippen molar-refractivity contribution in [1.29, 1.82) is 0 Å². The van der Waals surface area contributed by atoms with E-state index in [9.17, 15) is 9.59 Å². The van der Waals surface area contributed by atoms with Crippen molar-refractivity contribution in [3.8, 4) is 0 Å². The molecule has 1 fully saturated rings. The molecule has 2 aliphatic heterocycles. The van der Waals surface area contributed by atoms with Crippen LogP contribution in [0.15, 0.2) is 22.4 Å². The fraction of sp³-hybridized carbons (Fsp3) is 0.538. The highest BCUT2D eigenvalue weighted by molar-refractivity contribution is 8.03.